The van der Waals surface area contributed by atoms with Crippen molar-refractivity contribution in [3.63, 3.8) is 0 Å². The van der Waals surface area contributed by atoms with Gasteiger partial charge in [0.1, 0.15) is 85.5 Å². The van der Waals surface area contributed by atoms with Crippen LogP contribution in [0.4, 0.5) is 0 Å². The Labute approximate surface area is 825 Å². The van der Waals surface area contributed by atoms with Crippen molar-refractivity contribution in [3.05, 3.63) is 431 Å². The molecule has 0 amide bonds. The van der Waals surface area contributed by atoms with E-state index in [1.165, 1.54) is 6.92 Å². The Morgan fingerprint density at radius 1 is 0.245 bits per heavy atom. The summed E-state index contributed by atoms with van der Waals surface area (Å²) < 4.78 is 150. The number of carbonyl (C=O) groups excluding carboxylic acids is 2. The predicted molar refractivity (Wildman–Crippen MR) is 519 cm³/mol. The topological polar surface area (TPSA) is 252 Å². The van der Waals surface area contributed by atoms with Crippen molar-refractivity contribution in [3.8, 4) is 0 Å². The summed E-state index contributed by atoms with van der Waals surface area (Å²) in [5.41, 5.74) is 9.01. The summed E-state index contributed by atoms with van der Waals surface area (Å²) in [7, 11) is 0. The Morgan fingerprint density at radius 3 is 0.734 bits per heavy atom. The number of benzene rings is 12. The van der Waals surface area contributed by atoms with E-state index in [1.54, 1.807) is 30.3 Å². The zero-order valence-electron chi connectivity index (χ0n) is 76.8. The van der Waals surface area contributed by atoms with Crippen molar-refractivity contribution in [1.82, 2.24) is 0 Å². The van der Waals surface area contributed by atoms with E-state index < -0.39 is 151 Å². The number of alkyl halides is 3. The normalized spacial score (nSPS) is 24.8. The van der Waals surface area contributed by atoms with Gasteiger partial charge in [-0.1, -0.05) is 387 Å². The fraction of sp³-hybridized carbons (Fsp3) is 0.330. The SMILES string of the molecule is CC(=O)O[C@@H]1[C@@H](O[C@@H]2[C@@H](O[C@@H]3[C@@H](OC[C@H]4O[C@H](OC(=N)C(Cl)(Cl)Cl)[C@@H](OC(=O)c5ccccc5)[C@@H](OCc5ccccc5)[C@@H]4OCc4ccccc4)O[C@H](COCc4ccccc4)[C@@H](OCc4ccccc4)[C@@H]3OCc3ccccc3)O[C@H](COCc3ccccc3)[C@@H](OCc3ccccc3)[C@@H]2OCc2ccccc2)O[C@H](COCc2ccccc2)[C@@H](OCc2ccccc2)[C@@H]1OCc1ccccc1. The van der Waals surface area contributed by atoms with E-state index in [0.717, 1.165) is 61.2 Å². The second-order valence-corrected chi connectivity index (χ2v) is 36.3. The van der Waals surface area contributed by atoms with Crippen molar-refractivity contribution in [2.24, 2.45) is 0 Å². The second kappa shape index (κ2) is 52.6. The summed E-state index contributed by atoms with van der Waals surface area (Å²) in [6, 6.07) is 114. The van der Waals surface area contributed by atoms with Gasteiger partial charge in [0.15, 0.2) is 31.1 Å². The summed E-state index contributed by atoms with van der Waals surface area (Å²) in [5, 5.41) is 9.26. The first kappa shape index (κ1) is 101. The lowest BCUT2D eigenvalue weighted by Crippen LogP contribution is -2.68. The Morgan fingerprint density at radius 2 is 0.460 bits per heavy atom. The monoisotopic (exact) mass is 1950 g/mol. The molecule has 16 rings (SSSR count). The van der Waals surface area contributed by atoms with Gasteiger partial charge in [-0.05, 0) is 73.3 Å². The molecule has 4 fully saturated rings. The molecule has 4 heterocycles. The van der Waals surface area contributed by atoms with Crippen molar-refractivity contribution in [2.45, 2.75) is 206 Å². The molecule has 12 aromatic carbocycles. The predicted octanol–water partition coefficient (Wildman–Crippen LogP) is 19.5. The third-order valence-corrected chi connectivity index (χ3v) is 24.4. The minimum absolute atomic E-state index is 0.000963. The molecule has 4 saturated heterocycles. The van der Waals surface area contributed by atoms with Gasteiger partial charge in [-0.25, -0.2) is 4.79 Å². The molecule has 0 aromatic heterocycles. The van der Waals surface area contributed by atoms with Crippen molar-refractivity contribution >= 4 is 52.6 Å². The van der Waals surface area contributed by atoms with E-state index in [0.29, 0.717) is 0 Å². The van der Waals surface area contributed by atoms with Gasteiger partial charge in [0.25, 0.3) is 3.79 Å². The van der Waals surface area contributed by atoms with Crippen LogP contribution in [0.15, 0.2) is 364 Å². The molecule has 0 unspecified atom stereocenters. The quantitative estimate of drug-likeness (QED) is 0.0161. The Bertz CT molecular complexity index is 5570. The molecule has 24 nitrogen and oxygen atoms in total. The molecular formula is C112H114Cl3NO23. The Balaban J connectivity index is 0.877. The van der Waals surface area contributed by atoms with E-state index in [4.69, 9.17) is 134 Å². The molecule has 27 heteroatoms. The first-order valence-electron chi connectivity index (χ1n) is 46.6. The molecule has 4 aliphatic rings. The Hall–Kier alpha value is -10.8. The number of halogens is 3. The van der Waals surface area contributed by atoms with Crippen molar-refractivity contribution in [1.29, 1.82) is 5.41 Å². The highest BCUT2D eigenvalue weighted by atomic mass is 35.6. The fourth-order valence-corrected chi connectivity index (χ4v) is 17.1. The third kappa shape index (κ3) is 29.9. The molecule has 0 radical (unpaired) electrons. The second-order valence-electron chi connectivity index (χ2n) is 34.1. The standard InChI is InChI=1S/C112H114Cl3NO23/c1-77(117)131-103-99(127-70-86-54-30-10-31-55-86)95(123-66-82-46-22-6-23-47-82)91(74-120-63-79-40-16-3-17-41-79)133-108(103)138-105-101(129-72-88-58-34-12-35-59-88)96(124-67-83-48-24-7-25-49-83)92(75-121-64-80-42-18-4-19-43-80)134-109(105)137-102-98(126-69-85-52-28-9-29-53-85)94(122-65-81-44-20-5-21-45-81)90(73-119-62-78-38-14-2-15-39-78)132-107(102)130-76-93-97(125-68-84-50-26-8-27-51-84)100(128-71-87-56-32-11-33-57-87)104(110(135-93)139-111(116)112(113,114)115)136-106(118)89-60-36-13-37-61-89/h2-61,90-105,107-110,116H,62-76H2,1H3/t90-,91-,92-,93-,94-,95-,96-,97-,98+,99+,100+,101+,102+,103+,104+,105+,107+,108-,109-,110-/m1/s1. The van der Waals surface area contributed by atoms with Crippen LogP contribution in [0.25, 0.3) is 0 Å². The van der Waals surface area contributed by atoms with E-state index in [1.807, 2.05) is 334 Å². The maximum absolute atomic E-state index is 14.9. The highest BCUT2D eigenvalue weighted by Crippen LogP contribution is 2.43. The van der Waals surface area contributed by atoms with Gasteiger partial charge in [-0.3, -0.25) is 10.2 Å². The molecule has 1 N–H and O–H groups in total. The zero-order chi connectivity index (χ0) is 95.6. The Kier molecular flexibility index (Phi) is 38.3. The van der Waals surface area contributed by atoms with Crippen LogP contribution in [0.1, 0.15) is 78.5 Å². The number of hydrogen-bond donors (Lipinski definition) is 1. The maximum atomic E-state index is 14.9. The van der Waals surface area contributed by atoms with Gasteiger partial charge in [0.05, 0.1) is 105 Å². The van der Waals surface area contributed by atoms with Crippen LogP contribution in [-0.2, 0) is 177 Å². The highest BCUT2D eigenvalue weighted by molar-refractivity contribution is 6.76. The van der Waals surface area contributed by atoms with Crippen molar-refractivity contribution in [2.75, 3.05) is 26.4 Å². The van der Waals surface area contributed by atoms with Crippen LogP contribution < -0.4 is 0 Å². The van der Waals surface area contributed by atoms with E-state index >= 15 is 0 Å². The average molecular weight is 1950 g/mol. The molecule has 12 aromatic rings. The number of esters is 2. The molecule has 4 aliphatic heterocycles. The number of carbonyl (C=O) groups is 2. The van der Waals surface area contributed by atoms with Gasteiger partial charge in [0.2, 0.25) is 12.2 Å². The molecule has 0 spiro atoms. The van der Waals surface area contributed by atoms with Gasteiger partial charge in [-0.2, -0.15) is 0 Å². The molecule has 726 valence electrons. The third-order valence-electron chi connectivity index (χ3n) is 23.9. The number of ether oxygens (including phenoxy) is 21. The zero-order valence-corrected chi connectivity index (χ0v) is 79.1. The molecule has 139 heavy (non-hydrogen) atoms. The largest absolute Gasteiger partial charge is 0.454 e. The van der Waals surface area contributed by atoms with Crippen LogP contribution in [0.2, 0.25) is 0 Å². The van der Waals surface area contributed by atoms with Crippen LogP contribution in [-0.4, -0.2) is 171 Å². The summed E-state index contributed by atoms with van der Waals surface area (Å²) in [4.78, 5) is 29.4. The van der Waals surface area contributed by atoms with Crippen LogP contribution in [0, 0.1) is 5.41 Å². The maximum Gasteiger partial charge on any atom is 0.338 e. The minimum atomic E-state index is -2.49. The summed E-state index contributed by atoms with van der Waals surface area (Å²) in [5.74, 6) is -2.42. The molecule has 0 bridgehead atoms. The smallest absolute Gasteiger partial charge is 0.338 e. The minimum Gasteiger partial charge on any atom is -0.454 e. The number of nitrogens with one attached hydrogen (secondary N) is 1. The van der Waals surface area contributed by atoms with Crippen molar-refractivity contribution < 1.29 is 109 Å². The fourth-order valence-electron chi connectivity index (χ4n) is 17.0. The lowest BCUT2D eigenvalue weighted by atomic mass is 9.95. The van der Waals surface area contributed by atoms with E-state index in [9.17, 15) is 15.0 Å². The first-order valence-corrected chi connectivity index (χ1v) is 47.7. The molecule has 0 aliphatic carbocycles. The van der Waals surface area contributed by atoms with Gasteiger partial charge < -0.3 is 99.5 Å². The summed E-state index contributed by atoms with van der Waals surface area (Å²) >= 11 is 19.7. The molecule has 0 saturated carbocycles. The van der Waals surface area contributed by atoms with Gasteiger partial charge >= 0.3 is 11.9 Å². The van der Waals surface area contributed by atoms with Crippen LogP contribution >= 0.6 is 34.8 Å². The van der Waals surface area contributed by atoms with Gasteiger partial charge in [-0.15, -0.1) is 0 Å². The van der Waals surface area contributed by atoms with E-state index in [-0.39, 0.29) is 98.1 Å². The van der Waals surface area contributed by atoms with Gasteiger partial charge in [0, 0.05) is 6.92 Å². The molecular weight excluding hydrogens is 1830 g/mol. The average Bonchev–Trinajstić information content (AvgIpc) is 0.771. The summed E-state index contributed by atoms with van der Waals surface area (Å²) in [6.45, 7) is 0.561. The summed E-state index contributed by atoms with van der Waals surface area (Å²) in [6.07, 6.45) is -27.7. The first-order chi connectivity index (χ1) is 68.2. The van der Waals surface area contributed by atoms with E-state index in [2.05, 4.69) is 0 Å². The number of hydrogen-bond acceptors (Lipinski definition) is 24. The lowest BCUT2D eigenvalue weighted by Gasteiger charge is -2.52. The number of rotatable bonds is 47. The molecule has 20 atom stereocenters. The van der Waals surface area contributed by atoms with Crippen LogP contribution in [0.5, 0.6) is 0 Å². The van der Waals surface area contributed by atoms with Crippen LogP contribution in [0.3, 0.4) is 0 Å². The lowest BCUT2D eigenvalue weighted by molar-refractivity contribution is -0.406. The highest BCUT2D eigenvalue weighted by Gasteiger charge is 2.60.